The molecule has 0 bridgehead atoms. The summed E-state index contributed by atoms with van der Waals surface area (Å²) in [6, 6.07) is 9.45. The van der Waals surface area contributed by atoms with E-state index in [4.69, 9.17) is 16.3 Å². The number of anilines is 1. The Hall–Kier alpha value is -2.09. The minimum atomic E-state index is -3.59. The van der Waals surface area contributed by atoms with Gasteiger partial charge in [-0.3, -0.25) is 4.79 Å². The van der Waals surface area contributed by atoms with Crippen LogP contribution in [0.4, 0.5) is 5.69 Å². The van der Waals surface area contributed by atoms with E-state index < -0.39 is 21.8 Å². The Balaban J connectivity index is 1.88. The van der Waals surface area contributed by atoms with Gasteiger partial charge in [0.2, 0.25) is 0 Å². The third-order valence-electron chi connectivity index (χ3n) is 4.81. The number of hydrogen-bond acceptors (Lipinski definition) is 5. The largest absolute Gasteiger partial charge is 0.496 e. The number of hydrogen-bond donors (Lipinski definition) is 2. The van der Waals surface area contributed by atoms with E-state index in [-0.39, 0.29) is 27.9 Å². The van der Waals surface area contributed by atoms with Crippen molar-refractivity contribution in [2.75, 3.05) is 18.2 Å². The number of methoxy groups -OCH3 is 1. The second-order valence-electron chi connectivity index (χ2n) is 7.07. The molecule has 150 valence electrons. The molecule has 0 aromatic heterocycles. The standard InChI is InChI=1S/C20H22ClNO5S/c1-12-3-5-17(21)18(7-12)22-20(24)16-10-15(4-6-19(16)27-2)28(25,26)11-13-8-14(23)9-13/h3-7,10,13-14,23H,8-9,11H2,1-2H3,(H,22,24). The number of benzene rings is 2. The number of ether oxygens (including phenoxy) is 1. The van der Waals surface area contributed by atoms with E-state index in [0.717, 1.165) is 5.56 Å². The molecule has 0 radical (unpaired) electrons. The molecule has 2 N–H and O–H groups in total. The fourth-order valence-electron chi connectivity index (χ4n) is 3.23. The number of carbonyl (C=O) groups excluding carboxylic acids is 1. The summed E-state index contributed by atoms with van der Waals surface area (Å²) in [6.07, 6.45) is 0.542. The second kappa shape index (κ2) is 8.11. The number of aliphatic hydroxyl groups excluding tert-OH is 1. The summed E-state index contributed by atoms with van der Waals surface area (Å²) in [4.78, 5) is 12.8. The highest BCUT2D eigenvalue weighted by Crippen LogP contribution is 2.32. The molecule has 1 amide bonds. The van der Waals surface area contributed by atoms with Gasteiger partial charge in [-0.2, -0.15) is 0 Å². The molecule has 0 atom stereocenters. The van der Waals surface area contributed by atoms with Gasteiger partial charge in [-0.15, -0.1) is 0 Å². The number of carbonyl (C=O) groups is 1. The Morgan fingerprint density at radius 2 is 1.96 bits per heavy atom. The molecule has 0 unspecified atom stereocenters. The average Bonchev–Trinajstić information content (AvgIpc) is 2.62. The topological polar surface area (TPSA) is 92.7 Å². The van der Waals surface area contributed by atoms with Gasteiger partial charge >= 0.3 is 0 Å². The van der Waals surface area contributed by atoms with E-state index in [2.05, 4.69) is 5.32 Å². The molecular weight excluding hydrogens is 402 g/mol. The number of nitrogens with one attached hydrogen (secondary N) is 1. The fraction of sp³-hybridized carbons (Fsp3) is 0.350. The zero-order valence-electron chi connectivity index (χ0n) is 15.6. The first kappa shape index (κ1) is 20.6. The molecule has 0 spiro atoms. The Labute approximate surface area is 169 Å². The van der Waals surface area contributed by atoms with Crippen LogP contribution < -0.4 is 10.1 Å². The maximum Gasteiger partial charge on any atom is 0.259 e. The summed E-state index contributed by atoms with van der Waals surface area (Å²) in [5.74, 6) is -0.369. The van der Waals surface area contributed by atoms with Gasteiger partial charge in [0.05, 0.1) is 40.1 Å². The lowest BCUT2D eigenvalue weighted by molar-refractivity contribution is 0.0526. The van der Waals surface area contributed by atoms with Crippen LogP contribution in [0.5, 0.6) is 5.75 Å². The first-order chi connectivity index (χ1) is 13.2. The van der Waals surface area contributed by atoms with Crippen LogP contribution in [0.3, 0.4) is 0 Å². The summed E-state index contributed by atoms with van der Waals surface area (Å²) in [6.45, 7) is 1.87. The van der Waals surface area contributed by atoms with E-state index in [1.807, 2.05) is 13.0 Å². The van der Waals surface area contributed by atoms with Gasteiger partial charge in [-0.25, -0.2) is 8.42 Å². The van der Waals surface area contributed by atoms with Gasteiger partial charge in [-0.05, 0) is 61.6 Å². The molecule has 1 saturated carbocycles. The molecule has 3 rings (SSSR count). The summed E-state index contributed by atoms with van der Waals surface area (Å²) in [5.41, 5.74) is 1.46. The van der Waals surface area contributed by atoms with Crippen molar-refractivity contribution in [2.24, 2.45) is 5.92 Å². The third kappa shape index (κ3) is 4.48. The van der Waals surface area contributed by atoms with Gasteiger partial charge in [0.15, 0.2) is 9.84 Å². The van der Waals surface area contributed by atoms with Crippen LogP contribution in [0.1, 0.15) is 28.8 Å². The van der Waals surface area contributed by atoms with E-state index in [1.165, 1.54) is 25.3 Å². The van der Waals surface area contributed by atoms with E-state index in [1.54, 1.807) is 12.1 Å². The molecule has 0 saturated heterocycles. The summed E-state index contributed by atoms with van der Waals surface area (Å²) in [7, 11) is -2.17. The molecule has 28 heavy (non-hydrogen) atoms. The molecule has 2 aromatic carbocycles. The lowest BCUT2D eigenvalue weighted by Gasteiger charge is -2.30. The molecule has 1 aliphatic carbocycles. The lowest BCUT2D eigenvalue weighted by Crippen LogP contribution is -2.33. The van der Waals surface area contributed by atoms with Crippen LogP contribution in [0.15, 0.2) is 41.3 Å². The molecule has 0 aliphatic heterocycles. The maximum absolute atomic E-state index is 12.8. The Morgan fingerprint density at radius 1 is 1.25 bits per heavy atom. The van der Waals surface area contributed by atoms with Gasteiger partial charge in [-0.1, -0.05) is 17.7 Å². The van der Waals surface area contributed by atoms with Crippen LogP contribution in [0, 0.1) is 12.8 Å². The van der Waals surface area contributed by atoms with Gasteiger partial charge in [0, 0.05) is 0 Å². The van der Waals surface area contributed by atoms with Crippen molar-refractivity contribution in [3.63, 3.8) is 0 Å². The van der Waals surface area contributed by atoms with Crippen molar-refractivity contribution >= 4 is 33.0 Å². The van der Waals surface area contributed by atoms with Crippen molar-refractivity contribution in [1.82, 2.24) is 0 Å². The van der Waals surface area contributed by atoms with Crippen LogP contribution >= 0.6 is 11.6 Å². The molecule has 8 heteroatoms. The van der Waals surface area contributed by atoms with Crippen molar-refractivity contribution in [3.8, 4) is 5.75 Å². The molecule has 1 aliphatic rings. The SMILES string of the molecule is COc1ccc(S(=O)(=O)CC2CC(O)C2)cc1C(=O)Nc1cc(C)ccc1Cl. The number of amides is 1. The van der Waals surface area contributed by atoms with Crippen LogP contribution in [-0.2, 0) is 9.84 Å². The van der Waals surface area contributed by atoms with Crippen molar-refractivity contribution < 1.29 is 23.1 Å². The van der Waals surface area contributed by atoms with Gasteiger partial charge in [0.1, 0.15) is 5.75 Å². The molecular formula is C20H22ClNO5S. The van der Waals surface area contributed by atoms with Crippen LogP contribution in [0.2, 0.25) is 5.02 Å². The summed E-state index contributed by atoms with van der Waals surface area (Å²) in [5, 5.41) is 12.5. The predicted octanol–water partition coefficient (Wildman–Crippen LogP) is 3.45. The van der Waals surface area contributed by atoms with Gasteiger partial charge < -0.3 is 15.2 Å². The maximum atomic E-state index is 12.8. The predicted molar refractivity (Wildman–Crippen MR) is 108 cm³/mol. The number of aliphatic hydroxyl groups is 1. The highest BCUT2D eigenvalue weighted by atomic mass is 35.5. The molecule has 6 nitrogen and oxygen atoms in total. The quantitative estimate of drug-likeness (QED) is 0.742. The summed E-state index contributed by atoms with van der Waals surface area (Å²) < 4.78 is 30.6. The number of rotatable bonds is 6. The smallest absolute Gasteiger partial charge is 0.259 e. The zero-order valence-corrected chi connectivity index (χ0v) is 17.2. The van der Waals surface area contributed by atoms with E-state index in [9.17, 15) is 18.3 Å². The average molecular weight is 424 g/mol. The van der Waals surface area contributed by atoms with E-state index in [0.29, 0.717) is 23.6 Å². The third-order valence-corrected chi connectivity index (χ3v) is 7.02. The van der Waals surface area contributed by atoms with Crippen LogP contribution in [-0.4, -0.2) is 38.4 Å². The lowest BCUT2D eigenvalue weighted by atomic mass is 9.84. The Kier molecular flexibility index (Phi) is 5.98. The Morgan fingerprint density at radius 3 is 2.61 bits per heavy atom. The number of halogens is 1. The minimum Gasteiger partial charge on any atom is -0.496 e. The first-order valence-corrected chi connectivity index (χ1v) is 10.9. The first-order valence-electron chi connectivity index (χ1n) is 8.86. The van der Waals surface area contributed by atoms with Crippen molar-refractivity contribution in [3.05, 3.63) is 52.5 Å². The highest BCUT2D eigenvalue weighted by Gasteiger charge is 2.32. The minimum absolute atomic E-state index is 0.0511. The molecule has 2 aromatic rings. The number of aryl methyl sites for hydroxylation is 1. The normalized spacial score (nSPS) is 19.0. The number of sulfone groups is 1. The zero-order chi connectivity index (χ0) is 20.5. The van der Waals surface area contributed by atoms with Crippen molar-refractivity contribution in [1.29, 1.82) is 0 Å². The summed E-state index contributed by atoms with van der Waals surface area (Å²) >= 11 is 6.13. The highest BCUT2D eigenvalue weighted by molar-refractivity contribution is 7.91. The molecule has 0 heterocycles. The van der Waals surface area contributed by atoms with Crippen molar-refractivity contribution in [2.45, 2.75) is 30.8 Å². The monoisotopic (exact) mass is 423 g/mol. The Bertz CT molecular complexity index is 1000. The fourth-order valence-corrected chi connectivity index (χ4v) is 5.05. The van der Waals surface area contributed by atoms with E-state index >= 15 is 0 Å². The van der Waals surface area contributed by atoms with Gasteiger partial charge in [0.25, 0.3) is 5.91 Å². The van der Waals surface area contributed by atoms with Crippen LogP contribution in [0.25, 0.3) is 0 Å². The second-order valence-corrected chi connectivity index (χ2v) is 9.51. The molecule has 1 fully saturated rings.